The van der Waals surface area contributed by atoms with Gasteiger partial charge in [0.15, 0.2) is 0 Å². The molecule has 2 aliphatic heterocycles. The number of rotatable bonds is 3. The Morgan fingerprint density at radius 3 is 2.41 bits per heavy atom. The zero-order valence-electron chi connectivity index (χ0n) is 19.2. The molecular formula is C26H34N4O2. The van der Waals surface area contributed by atoms with Gasteiger partial charge in [0.1, 0.15) is 0 Å². The summed E-state index contributed by atoms with van der Waals surface area (Å²) >= 11 is 0. The summed E-state index contributed by atoms with van der Waals surface area (Å²) in [5, 5.41) is 0.998. The number of hydrogen-bond donors (Lipinski definition) is 0. The molecule has 0 radical (unpaired) electrons. The zero-order chi connectivity index (χ0) is 22.1. The zero-order valence-corrected chi connectivity index (χ0v) is 19.2. The van der Waals surface area contributed by atoms with E-state index < -0.39 is 0 Å². The number of fused-ring (bicyclic) bond motifs is 2. The van der Waals surface area contributed by atoms with E-state index in [-0.39, 0.29) is 11.8 Å². The smallest absolute Gasteiger partial charge is 0.254 e. The molecule has 0 spiro atoms. The first-order chi connectivity index (χ1) is 15.6. The van der Waals surface area contributed by atoms with E-state index in [9.17, 15) is 9.59 Å². The van der Waals surface area contributed by atoms with Crippen molar-refractivity contribution in [1.82, 2.24) is 19.7 Å². The molecule has 0 unspecified atom stereocenters. The molecule has 32 heavy (non-hydrogen) atoms. The number of carbonyl (C=O) groups excluding carboxylic acids is 2. The number of aryl methyl sites for hydroxylation is 2. The Balaban J connectivity index is 1.32. The van der Waals surface area contributed by atoms with Crippen LogP contribution in [-0.2, 0) is 17.6 Å². The number of piperidine rings is 1. The minimum Gasteiger partial charge on any atom is -0.342 e. The molecule has 1 aromatic heterocycles. The van der Waals surface area contributed by atoms with Crippen molar-refractivity contribution in [2.24, 2.45) is 0 Å². The molecular weight excluding hydrogens is 400 g/mol. The van der Waals surface area contributed by atoms with Crippen molar-refractivity contribution in [1.29, 1.82) is 0 Å². The predicted molar refractivity (Wildman–Crippen MR) is 126 cm³/mol. The first-order valence-electron chi connectivity index (χ1n) is 12.3. The molecule has 2 saturated heterocycles. The molecule has 1 aromatic carbocycles. The van der Waals surface area contributed by atoms with E-state index in [2.05, 4.69) is 30.0 Å². The predicted octanol–water partition coefficient (Wildman–Crippen LogP) is 3.19. The lowest BCUT2D eigenvalue weighted by molar-refractivity contribution is -0.133. The monoisotopic (exact) mass is 434 g/mol. The lowest BCUT2D eigenvalue weighted by Crippen LogP contribution is -2.52. The van der Waals surface area contributed by atoms with Crippen LogP contribution in [-0.4, -0.2) is 77.3 Å². The van der Waals surface area contributed by atoms with Crippen LogP contribution in [0.3, 0.4) is 0 Å². The summed E-state index contributed by atoms with van der Waals surface area (Å²) in [5.74, 6) is 0.386. The summed E-state index contributed by atoms with van der Waals surface area (Å²) < 4.78 is 0. The topological polar surface area (TPSA) is 56.8 Å². The van der Waals surface area contributed by atoms with Gasteiger partial charge >= 0.3 is 0 Å². The van der Waals surface area contributed by atoms with Gasteiger partial charge in [-0.05, 0) is 69.6 Å². The van der Waals surface area contributed by atoms with Gasteiger partial charge in [-0.1, -0.05) is 11.6 Å². The minimum absolute atomic E-state index is 0.142. The molecule has 2 amide bonds. The molecule has 3 heterocycles. The van der Waals surface area contributed by atoms with E-state index in [0.29, 0.717) is 19.6 Å². The standard InChI is InChI=1S/C26H34N4O2/c1-19-9-10-23-21(17-19)25(20-7-3-4-8-22(20)27-23)26(32)30-15-13-28(14-16-30)18-24(31)29-11-5-2-6-12-29/h9-10,17H,2-8,11-16,18H2,1H3. The average molecular weight is 435 g/mol. The third-order valence-electron chi connectivity index (χ3n) is 7.36. The highest BCUT2D eigenvalue weighted by Gasteiger charge is 2.29. The maximum atomic E-state index is 13.8. The fourth-order valence-electron chi connectivity index (χ4n) is 5.48. The average Bonchev–Trinajstić information content (AvgIpc) is 2.83. The summed E-state index contributed by atoms with van der Waals surface area (Å²) in [7, 11) is 0. The summed E-state index contributed by atoms with van der Waals surface area (Å²) in [6.45, 7) is 7.23. The van der Waals surface area contributed by atoms with Gasteiger partial charge < -0.3 is 9.80 Å². The van der Waals surface area contributed by atoms with Gasteiger partial charge in [0.2, 0.25) is 5.91 Å². The quantitative estimate of drug-likeness (QED) is 0.745. The second kappa shape index (κ2) is 9.18. The van der Waals surface area contributed by atoms with Crippen molar-refractivity contribution in [3.8, 4) is 0 Å². The maximum Gasteiger partial charge on any atom is 0.254 e. The number of likely N-dealkylation sites (tertiary alicyclic amines) is 1. The van der Waals surface area contributed by atoms with Crippen LogP contribution in [0.5, 0.6) is 0 Å². The van der Waals surface area contributed by atoms with Crippen molar-refractivity contribution < 1.29 is 9.59 Å². The van der Waals surface area contributed by atoms with Crippen molar-refractivity contribution in [2.75, 3.05) is 45.8 Å². The highest BCUT2D eigenvalue weighted by Crippen LogP contribution is 2.31. The van der Waals surface area contributed by atoms with E-state index in [1.807, 2.05) is 9.80 Å². The van der Waals surface area contributed by atoms with Crippen LogP contribution in [0.15, 0.2) is 18.2 Å². The lowest BCUT2D eigenvalue weighted by Gasteiger charge is -2.36. The van der Waals surface area contributed by atoms with Crippen LogP contribution >= 0.6 is 0 Å². The molecule has 2 fully saturated rings. The highest BCUT2D eigenvalue weighted by molar-refractivity contribution is 6.08. The van der Waals surface area contributed by atoms with E-state index in [0.717, 1.165) is 92.4 Å². The second-order valence-electron chi connectivity index (χ2n) is 9.65. The van der Waals surface area contributed by atoms with Crippen molar-refractivity contribution in [3.63, 3.8) is 0 Å². The van der Waals surface area contributed by atoms with Crippen LogP contribution in [0.25, 0.3) is 10.9 Å². The van der Waals surface area contributed by atoms with E-state index in [4.69, 9.17) is 4.98 Å². The molecule has 6 heteroatoms. The van der Waals surface area contributed by atoms with Gasteiger partial charge in [-0.3, -0.25) is 19.5 Å². The number of amides is 2. The number of benzene rings is 1. The number of piperazine rings is 1. The maximum absolute atomic E-state index is 13.8. The van der Waals surface area contributed by atoms with Crippen LogP contribution in [0.1, 0.15) is 59.3 Å². The Bertz CT molecular complexity index is 1020. The Morgan fingerprint density at radius 1 is 0.875 bits per heavy atom. The number of aromatic nitrogens is 1. The van der Waals surface area contributed by atoms with Gasteiger partial charge in [0, 0.05) is 50.3 Å². The Morgan fingerprint density at radius 2 is 1.62 bits per heavy atom. The largest absolute Gasteiger partial charge is 0.342 e. The van der Waals surface area contributed by atoms with Gasteiger partial charge in [-0.15, -0.1) is 0 Å². The minimum atomic E-state index is 0.142. The molecule has 2 aromatic rings. The van der Waals surface area contributed by atoms with E-state index in [1.165, 1.54) is 12.0 Å². The SMILES string of the molecule is Cc1ccc2nc3c(c(C(=O)N4CCN(CC(=O)N5CCCCC5)CC4)c2c1)CCCC3. The number of carbonyl (C=O) groups is 2. The molecule has 0 saturated carbocycles. The van der Waals surface area contributed by atoms with Crippen molar-refractivity contribution >= 4 is 22.7 Å². The second-order valence-corrected chi connectivity index (χ2v) is 9.65. The van der Waals surface area contributed by atoms with Crippen molar-refractivity contribution in [3.05, 3.63) is 40.6 Å². The van der Waals surface area contributed by atoms with Gasteiger partial charge in [-0.2, -0.15) is 0 Å². The fourth-order valence-corrected chi connectivity index (χ4v) is 5.48. The number of hydrogen-bond acceptors (Lipinski definition) is 4. The Hall–Kier alpha value is -2.47. The van der Waals surface area contributed by atoms with Crippen LogP contribution in [0, 0.1) is 6.92 Å². The molecule has 1 aliphatic carbocycles. The van der Waals surface area contributed by atoms with Crippen LogP contribution in [0.4, 0.5) is 0 Å². The van der Waals surface area contributed by atoms with Gasteiger partial charge in [-0.25, -0.2) is 0 Å². The summed E-state index contributed by atoms with van der Waals surface area (Å²) in [6, 6.07) is 6.26. The molecule has 170 valence electrons. The number of pyridine rings is 1. The molecule has 5 rings (SSSR count). The van der Waals surface area contributed by atoms with Gasteiger partial charge in [0.05, 0.1) is 17.6 Å². The fraction of sp³-hybridized carbons (Fsp3) is 0.577. The molecule has 0 N–H and O–H groups in total. The third kappa shape index (κ3) is 4.25. The normalized spacial score (nSPS) is 19.8. The first kappa shape index (κ1) is 21.4. The first-order valence-corrected chi connectivity index (χ1v) is 12.3. The van der Waals surface area contributed by atoms with Crippen LogP contribution < -0.4 is 0 Å². The van der Waals surface area contributed by atoms with E-state index >= 15 is 0 Å². The van der Waals surface area contributed by atoms with Crippen LogP contribution in [0.2, 0.25) is 0 Å². The summed E-state index contributed by atoms with van der Waals surface area (Å²) in [4.78, 5) is 37.5. The summed E-state index contributed by atoms with van der Waals surface area (Å²) in [6.07, 6.45) is 7.66. The lowest BCUT2D eigenvalue weighted by atomic mass is 9.89. The number of nitrogens with zero attached hydrogens (tertiary/aromatic N) is 4. The van der Waals surface area contributed by atoms with Crippen molar-refractivity contribution in [2.45, 2.75) is 51.9 Å². The van der Waals surface area contributed by atoms with E-state index in [1.54, 1.807) is 0 Å². The highest BCUT2D eigenvalue weighted by atomic mass is 16.2. The Kier molecular flexibility index (Phi) is 6.13. The third-order valence-corrected chi connectivity index (χ3v) is 7.36. The molecule has 0 atom stereocenters. The van der Waals surface area contributed by atoms with Gasteiger partial charge in [0.25, 0.3) is 5.91 Å². The molecule has 6 nitrogen and oxygen atoms in total. The summed E-state index contributed by atoms with van der Waals surface area (Å²) in [5.41, 5.74) is 5.26. The molecule has 0 bridgehead atoms. The Labute approximate surface area is 190 Å². The molecule has 3 aliphatic rings.